The van der Waals surface area contributed by atoms with E-state index in [4.69, 9.17) is 27.9 Å². The smallest absolute Gasteiger partial charge is 0.164 e. The third-order valence-electron chi connectivity index (χ3n) is 2.02. The maximum Gasteiger partial charge on any atom is 0.164 e. The lowest BCUT2D eigenvalue weighted by Crippen LogP contribution is -1.94. The summed E-state index contributed by atoms with van der Waals surface area (Å²) < 4.78 is 5.45. The number of nitrogens with zero attached hydrogens (tertiary/aromatic N) is 1. The summed E-state index contributed by atoms with van der Waals surface area (Å²) in [5.41, 5.74) is 0.705. The number of hydrogen-bond acceptors (Lipinski definition) is 2. The van der Waals surface area contributed by atoms with Gasteiger partial charge in [0, 0.05) is 5.39 Å². The van der Waals surface area contributed by atoms with Crippen molar-refractivity contribution in [1.82, 2.24) is 4.98 Å². The summed E-state index contributed by atoms with van der Waals surface area (Å²) in [5, 5.41) is 1.96. The Morgan fingerprint density at radius 2 is 1.93 bits per heavy atom. The number of halogens is 2. The number of pyridine rings is 1. The maximum atomic E-state index is 6.03. The second-order valence-electron chi connectivity index (χ2n) is 3.02. The fourth-order valence-corrected chi connectivity index (χ4v) is 1.75. The molecule has 2 rings (SSSR count). The van der Waals surface area contributed by atoms with Gasteiger partial charge in [-0.2, -0.15) is 0 Å². The molecule has 0 amide bonds. The van der Waals surface area contributed by atoms with E-state index >= 15 is 0 Å². The molecule has 2 aromatic rings. The van der Waals surface area contributed by atoms with E-state index < -0.39 is 0 Å². The highest BCUT2D eigenvalue weighted by Crippen LogP contribution is 2.32. The van der Waals surface area contributed by atoms with Gasteiger partial charge in [0.15, 0.2) is 5.75 Å². The monoisotopic (exact) mass is 241 g/mol. The predicted molar refractivity (Wildman–Crippen MR) is 62.9 cm³/mol. The van der Waals surface area contributed by atoms with E-state index in [0.717, 1.165) is 5.39 Å². The lowest BCUT2D eigenvalue weighted by molar-refractivity contribution is 0.344. The zero-order valence-corrected chi connectivity index (χ0v) is 9.64. The molecule has 0 aliphatic carbocycles. The Kier molecular flexibility index (Phi) is 2.98. The van der Waals surface area contributed by atoms with Crippen molar-refractivity contribution in [3.8, 4) is 5.75 Å². The molecular formula is C11H9Cl2NO. The molecule has 0 aliphatic heterocycles. The van der Waals surface area contributed by atoms with Crippen LogP contribution >= 0.6 is 23.2 Å². The molecule has 0 atom stereocenters. The van der Waals surface area contributed by atoms with E-state index in [1.165, 1.54) is 0 Å². The SMILES string of the molecule is CCOc1c(Cl)ccc2ccc(Cl)nc12. The van der Waals surface area contributed by atoms with Crippen LogP contribution in [0.3, 0.4) is 0 Å². The summed E-state index contributed by atoms with van der Waals surface area (Å²) in [7, 11) is 0. The fraction of sp³-hybridized carbons (Fsp3) is 0.182. The van der Waals surface area contributed by atoms with Crippen molar-refractivity contribution >= 4 is 34.1 Å². The second-order valence-corrected chi connectivity index (χ2v) is 3.81. The second kappa shape index (κ2) is 4.25. The number of aromatic nitrogens is 1. The first-order valence-corrected chi connectivity index (χ1v) is 5.35. The number of benzene rings is 1. The first-order valence-electron chi connectivity index (χ1n) is 4.60. The first-order chi connectivity index (χ1) is 7.22. The van der Waals surface area contributed by atoms with E-state index in [1.807, 2.05) is 19.1 Å². The van der Waals surface area contributed by atoms with Crippen LogP contribution in [0.5, 0.6) is 5.75 Å². The number of fused-ring (bicyclic) bond motifs is 1. The van der Waals surface area contributed by atoms with Crippen molar-refractivity contribution in [2.24, 2.45) is 0 Å². The molecule has 0 radical (unpaired) electrons. The molecule has 1 aromatic carbocycles. The van der Waals surface area contributed by atoms with Gasteiger partial charge in [-0.25, -0.2) is 4.98 Å². The van der Waals surface area contributed by atoms with E-state index in [0.29, 0.717) is 28.0 Å². The molecule has 78 valence electrons. The quantitative estimate of drug-likeness (QED) is 0.744. The van der Waals surface area contributed by atoms with Gasteiger partial charge in [0.25, 0.3) is 0 Å². The molecule has 4 heteroatoms. The Bertz CT molecular complexity index is 494. The Labute approximate surface area is 97.8 Å². The Morgan fingerprint density at radius 1 is 1.20 bits per heavy atom. The molecule has 0 saturated carbocycles. The minimum Gasteiger partial charge on any atom is -0.490 e. The minimum absolute atomic E-state index is 0.436. The normalized spacial score (nSPS) is 10.6. The number of hydrogen-bond donors (Lipinski definition) is 0. The van der Waals surface area contributed by atoms with Gasteiger partial charge in [0.2, 0.25) is 0 Å². The summed E-state index contributed by atoms with van der Waals surface area (Å²) in [6.07, 6.45) is 0. The highest BCUT2D eigenvalue weighted by Gasteiger charge is 2.08. The number of rotatable bonds is 2. The van der Waals surface area contributed by atoms with Crippen LogP contribution in [0.15, 0.2) is 24.3 Å². The van der Waals surface area contributed by atoms with Gasteiger partial charge in [0.05, 0.1) is 11.6 Å². The van der Waals surface area contributed by atoms with Gasteiger partial charge in [-0.15, -0.1) is 0 Å². The summed E-state index contributed by atoms with van der Waals surface area (Å²) in [5.74, 6) is 0.596. The van der Waals surface area contributed by atoms with Crippen LogP contribution in [0.25, 0.3) is 10.9 Å². The van der Waals surface area contributed by atoms with Crippen LogP contribution in [0.4, 0.5) is 0 Å². The Hall–Kier alpha value is -0.990. The Balaban J connectivity index is 2.72. The molecule has 0 spiro atoms. The molecule has 0 N–H and O–H groups in total. The topological polar surface area (TPSA) is 22.1 Å². The molecule has 0 aliphatic rings. The molecule has 2 nitrogen and oxygen atoms in total. The molecular weight excluding hydrogens is 233 g/mol. The van der Waals surface area contributed by atoms with Gasteiger partial charge in [-0.3, -0.25) is 0 Å². The van der Waals surface area contributed by atoms with Gasteiger partial charge in [0.1, 0.15) is 10.7 Å². The van der Waals surface area contributed by atoms with E-state index in [9.17, 15) is 0 Å². The van der Waals surface area contributed by atoms with E-state index in [1.54, 1.807) is 12.1 Å². The van der Waals surface area contributed by atoms with Gasteiger partial charge < -0.3 is 4.74 Å². The summed E-state index contributed by atoms with van der Waals surface area (Å²) in [6, 6.07) is 7.32. The molecule has 0 saturated heterocycles. The van der Waals surface area contributed by atoms with Crippen molar-refractivity contribution in [2.75, 3.05) is 6.61 Å². The molecule has 1 heterocycles. The highest BCUT2D eigenvalue weighted by atomic mass is 35.5. The van der Waals surface area contributed by atoms with Gasteiger partial charge in [-0.1, -0.05) is 29.3 Å². The van der Waals surface area contributed by atoms with Crippen LogP contribution in [-0.2, 0) is 0 Å². The lowest BCUT2D eigenvalue weighted by Gasteiger charge is -2.08. The largest absolute Gasteiger partial charge is 0.490 e. The van der Waals surface area contributed by atoms with Crippen molar-refractivity contribution in [2.45, 2.75) is 6.92 Å². The van der Waals surface area contributed by atoms with Gasteiger partial charge >= 0.3 is 0 Å². The van der Waals surface area contributed by atoms with E-state index in [2.05, 4.69) is 4.98 Å². The molecule has 1 aromatic heterocycles. The minimum atomic E-state index is 0.436. The third kappa shape index (κ3) is 2.01. The lowest BCUT2D eigenvalue weighted by atomic mass is 10.2. The van der Waals surface area contributed by atoms with Crippen molar-refractivity contribution in [1.29, 1.82) is 0 Å². The Morgan fingerprint density at radius 3 is 2.67 bits per heavy atom. The molecule has 0 bridgehead atoms. The first kappa shape index (κ1) is 10.5. The maximum absolute atomic E-state index is 6.03. The van der Waals surface area contributed by atoms with Crippen molar-refractivity contribution in [3.05, 3.63) is 34.4 Å². The molecule has 0 unspecified atom stereocenters. The summed E-state index contributed by atoms with van der Waals surface area (Å²) in [6.45, 7) is 2.45. The van der Waals surface area contributed by atoms with Crippen LogP contribution in [0, 0.1) is 0 Å². The molecule has 15 heavy (non-hydrogen) atoms. The number of ether oxygens (including phenoxy) is 1. The predicted octanol–water partition coefficient (Wildman–Crippen LogP) is 3.94. The zero-order chi connectivity index (χ0) is 10.8. The van der Waals surface area contributed by atoms with Crippen LogP contribution in [0.2, 0.25) is 10.2 Å². The van der Waals surface area contributed by atoms with Crippen LogP contribution in [0.1, 0.15) is 6.92 Å². The standard InChI is InChI=1S/C11H9Cl2NO/c1-2-15-11-8(12)5-3-7-4-6-9(13)14-10(7)11/h3-6H,2H2,1H3. The third-order valence-corrected chi connectivity index (χ3v) is 2.53. The fourth-order valence-electron chi connectivity index (χ4n) is 1.40. The summed E-state index contributed by atoms with van der Waals surface area (Å²) >= 11 is 11.9. The average Bonchev–Trinajstić information content (AvgIpc) is 2.23. The molecule has 0 fully saturated rings. The van der Waals surface area contributed by atoms with Crippen molar-refractivity contribution < 1.29 is 4.74 Å². The summed E-state index contributed by atoms with van der Waals surface area (Å²) in [4.78, 5) is 4.21. The van der Waals surface area contributed by atoms with Gasteiger partial charge in [-0.05, 0) is 25.1 Å². The van der Waals surface area contributed by atoms with Crippen LogP contribution in [-0.4, -0.2) is 11.6 Å². The van der Waals surface area contributed by atoms with Crippen molar-refractivity contribution in [3.63, 3.8) is 0 Å². The zero-order valence-electron chi connectivity index (χ0n) is 8.13. The average molecular weight is 242 g/mol. The van der Waals surface area contributed by atoms with Crippen LogP contribution < -0.4 is 4.74 Å². The highest BCUT2D eigenvalue weighted by molar-refractivity contribution is 6.33. The van der Waals surface area contributed by atoms with E-state index in [-0.39, 0.29) is 0 Å².